The average molecular weight is 633 g/mol. The highest BCUT2D eigenvalue weighted by atomic mass is 32.1. The molecule has 5 aromatic rings. The highest BCUT2D eigenvalue weighted by molar-refractivity contribution is 7.07. The van der Waals surface area contributed by atoms with Crippen molar-refractivity contribution < 1.29 is 18.7 Å². The van der Waals surface area contributed by atoms with Crippen molar-refractivity contribution in [2.75, 3.05) is 6.61 Å². The van der Waals surface area contributed by atoms with Gasteiger partial charge in [0.05, 0.1) is 28.5 Å². The topological polar surface area (TPSA) is 69.9 Å². The van der Waals surface area contributed by atoms with E-state index in [4.69, 9.17) is 14.5 Å². The van der Waals surface area contributed by atoms with Gasteiger partial charge < -0.3 is 9.47 Å². The van der Waals surface area contributed by atoms with Gasteiger partial charge in [-0.1, -0.05) is 104 Å². The molecule has 4 aromatic carbocycles. The van der Waals surface area contributed by atoms with Crippen LogP contribution in [0.1, 0.15) is 60.5 Å². The second-order valence-electron chi connectivity index (χ2n) is 11.2. The molecule has 8 heteroatoms. The van der Waals surface area contributed by atoms with Crippen LogP contribution < -0.4 is 19.6 Å². The van der Waals surface area contributed by atoms with Crippen molar-refractivity contribution in [2.24, 2.45) is 4.99 Å². The van der Waals surface area contributed by atoms with Gasteiger partial charge in [0.25, 0.3) is 5.56 Å². The maximum absolute atomic E-state index is 14.2. The quantitative estimate of drug-likeness (QED) is 0.168. The van der Waals surface area contributed by atoms with E-state index in [1.807, 2.05) is 84.9 Å². The number of esters is 1. The number of rotatable bonds is 9. The average Bonchev–Trinajstić information content (AvgIpc) is 3.38. The second kappa shape index (κ2) is 13.5. The Morgan fingerprint density at radius 2 is 1.65 bits per heavy atom. The Morgan fingerprint density at radius 1 is 0.957 bits per heavy atom. The van der Waals surface area contributed by atoms with E-state index in [0.29, 0.717) is 38.9 Å². The van der Waals surface area contributed by atoms with Crippen LogP contribution in [0.2, 0.25) is 0 Å². The zero-order valence-corrected chi connectivity index (χ0v) is 26.6. The lowest BCUT2D eigenvalue weighted by Crippen LogP contribution is -2.40. The summed E-state index contributed by atoms with van der Waals surface area (Å²) in [7, 11) is 0. The maximum atomic E-state index is 14.2. The molecule has 232 valence electrons. The maximum Gasteiger partial charge on any atom is 0.338 e. The minimum Gasteiger partial charge on any atom is -0.489 e. The molecule has 0 aliphatic carbocycles. The first-order chi connectivity index (χ1) is 22.3. The normalized spacial score (nSPS) is 14.6. The van der Waals surface area contributed by atoms with Crippen LogP contribution in [0.15, 0.2) is 118 Å². The second-order valence-corrected chi connectivity index (χ2v) is 12.2. The van der Waals surface area contributed by atoms with Crippen LogP contribution in [-0.2, 0) is 16.1 Å². The molecule has 0 saturated heterocycles. The number of aromatic nitrogens is 1. The minimum atomic E-state index is -0.726. The lowest BCUT2D eigenvalue weighted by atomic mass is 9.91. The number of nitrogens with zero attached hydrogens (tertiary/aromatic N) is 2. The van der Waals surface area contributed by atoms with E-state index >= 15 is 0 Å². The number of ether oxygens (including phenoxy) is 2. The molecule has 0 N–H and O–H groups in total. The number of hydrogen-bond acceptors (Lipinski definition) is 6. The van der Waals surface area contributed by atoms with Crippen molar-refractivity contribution in [2.45, 2.75) is 39.3 Å². The first kappa shape index (κ1) is 30.9. The lowest BCUT2D eigenvalue weighted by molar-refractivity contribution is -0.138. The fraction of sp³-hybridized carbons (Fsp3) is 0.184. The van der Waals surface area contributed by atoms with Crippen LogP contribution in [0.4, 0.5) is 4.39 Å². The van der Waals surface area contributed by atoms with Gasteiger partial charge in [0.2, 0.25) is 0 Å². The highest BCUT2D eigenvalue weighted by Crippen LogP contribution is 2.35. The van der Waals surface area contributed by atoms with Gasteiger partial charge in [-0.3, -0.25) is 9.36 Å². The summed E-state index contributed by atoms with van der Waals surface area (Å²) in [6.07, 6.45) is 1.82. The van der Waals surface area contributed by atoms with Gasteiger partial charge in [0, 0.05) is 5.56 Å². The van der Waals surface area contributed by atoms with Crippen molar-refractivity contribution in [3.63, 3.8) is 0 Å². The molecule has 46 heavy (non-hydrogen) atoms. The predicted molar refractivity (Wildman–Crippen MR) is 179 cm³/mol. The van der Waals surface area contributed by atoms with Gasteiger partial charge in [0.15, 0.2) is 4.80 Å². The molecular weight excluding hydrogens is 599 g/mol. The zero-order valence-electron chi connectivity index (χ0n) is 25.8. The number of fused-ring (bicyclic) bond motifs is 1. The molecule has 0 spiro atoms. The van der Waals surface area contributed by atoms with Gasteiger partial charge >= 0.3 is 5.97 Å². The van der Waals surface area contributed by atoms with E-state index in [-0.39, 0.29) is 18.0 Å². The summed E-state index contributed by atoms with van der Waals surface area (Å²) in [5.41, 5.74) is 4.97. The fourth-order valence-electron chi connectivity index (χ4n) is 5.38. The molecule has 0 amide bonds. The predicted octanol–water partition coefficient (Wildman–Crippen LogP) is 6.78. The fourth-order valence-corrected chi connectivity index (χ4v) is 6.38. The Balaban J connectivity index is 1.43. The van der Waals surface area contributed by atoms with E-state index in [1.54, 1.807) is 23.6 Å². The minimum absolute atomic E-state index is 0.192. The molecule has 1 atom stereocenters. The van der Waals surface area contributed by atoms with E-state index in [9.17, 15) is 14.0 Å². The van der Waals surface area contributed by atoms with Crippen molar-refractivity contribution in [1.82, 2.24) is 4.57 Å². The molecule has 2 heterocycles. The molecule has 0 radical (unpaired) electrons. The van der Waals surface area contributed by atoms with Gasteiger partial charge in [-0.25, -0.2) is 14.2 Å². The van der Waals surface area contributed by atoms with Crippen LogP contribution in [0.5, 0.6) is 5.75 Å². The van der Waals surface area contributed by atoms with Gasteiger partial charge in [-0.15, -0.1) is 0 Å². The summed E-state index contributed by atoms with van der Waals surface area (Å²) in [5, 5.41) is 0. The molecule has 0 fully saturated rings. The van der Waals surface area contributed by atoms with Crippen molar-refractivity contribution in [3.05, 3.63) is 162 Å². The Kier molecular flexibility index (Phi) is 9.08. The number of thiazole rings is 1. The molecule has 0 unspecified atom stereocenters. The summed E-state index contributed by atoms with van der Waals surface area (Å²) < 4.78 is 26.7. The van der Waals surface area contributed by atoms with Crippen molar-refractivity contribution >= 4 is 29.1 Å². The third-order valence-corrected chi connectivity index (χ3v) is 8.77. The molecule has 1 aliphatic heterocycles. The van der Waals surface area contributed by atoms with Crippen LogP contribution in [0.25, 0.3) is 11.8 Å². The van der Waals surface area contributed by atoms with Gasteiger partial charge in [-0.05, 0) is 65.4 Å². The van der Waals surface area contributed by atoms with Crippen molar-refractivity contribution in [1.29, 1.82) is 0 Å². The molecule has 0 bridgehead atoms. The van der Waals surface area contributed by atoms with Crippen LogP contribution in [-0.4, -0.2) is 17.1 Å². The lowest BCUT2D eigenvalue weighted by Gasteiger charge is -2.26. The molecule has 0 saturated carbocycles. The van der Waals surface area contributed by atoms with Crippen LogP contribution >= 0.6 is 11.3 Å². The Labute approximate surface area is 270 Å². The Morgan fingerprint density at radius 3 is 2.30 bits per heavy atom. The molecule has 6 nitrogen and oxygen atoms in total. The summed E-state index contributed by atoms with van der Waals surface area (Å²) in [6, 6.07) is 30.4. The SMILES string of the molecule is CCOC(=O)C1=C(c2ccccc2)N=c2s/c(=C\c3ccc(OCc4ccc(F)cc4)cc3)c(=O)n2[C@H]1c1ccc(C(C)C)cc1. The highest BCUT2D eigenvalue weighted by Gasteiger charge is 2.35. The van der Waals surface area contributed by atoms with E-state index < -0.39 is 12.0 Å². The van der Waals surface area contributed by atoms with Gasteiger partial charge in [0.1, 0.15) is 18.2 Å². The summed E-state index contributed by atoms with van der Waals surface area (Å²) in [6.45, 7) is 6.52. The van der Waals surface area contributed by atoms with E-state index in [1.165, 1.54) is 23.5 Å². The first-order valence-corrected chi connectivity index (χ1v) is 16.0. The Bertz CT molecular complexity index is 2060. The number of carbonyl (C=O) groups is 1. The van der Waals surface area contributed by atoms with Crippen LogP contribution in [0.3, 0.4) is 0 Å². The van der Waals surface area contributed by atoms with Crippen LogP contribution in [0, 0.1) is 5.82 Å². The standard InChI is InChI=1S/C38H33FN2O4S/c1-4-44-37(43)33-34(28-8-6-5-7-9-28)40-38-41(35(33)29-16-14-27(15-17-29)24(2)3)36(42)32(46-38)22-25-12-20-31(21-13-25)45-23-26-10-18-30(39)19-11-26/h5-22,24,35H,4,23H2,1-3H3/b32-22-/t35-/m0/s1. The summed E-state index contributed by atoms with van der Waals surface area (Å²) in [5.74, 6) is 0.186. The Hall–Kier alpha value is -5.08. The summed E-state index contributed by atoms with van der Waals surface area (Å²) >= 11 is 1.28. The number of benzene rings is 4. The van der Waals surface area contributed by atoms with Gasteiger partial charge in [-0.2, -0.15) is 0 Å². The molecular formula is C38H33FN2O4S. The zero-order chi connectivity index (χ0) is 32.2. The first-order valence-electron chi connectivity index (χ1n) is 15.2. The number of halogens is 1. The smallest absolute Gasteiger partial charge is 0.338 e. The molecule has 1 aromatic heterocycles. The number of hydrogen-bond donors (Lipinski definition) is 0. The third kappa shape index (κ3) is 6.48. The number of carbonyl (C=O) groups excluding carboxylic acids is 1. The van der Waals surface area contributed by atoms with Crippen molar-refractivity contribution in [3.8, 4) is 5.75 Å². The van der Waals surface area contributed by atoms with E-state index in [2.05, 4.69) is 13.8 Å². The van der Waals surface area contributed by atoms with E-state index in [0.717, 1.165) is 27.8 Å². The molecule has 6 rings (SSSR count). The monoisotopic (exact) mass is 632 g/mol. The third-order valence-electron chi connectivity index (χ3n) is 7.79. The summed E-state index contributed by atoms with van der Waals surface area (Å²) in [4.78, 5) is 33.2. The molecule has 1 aliphatic rings. The largest absolute Gasteiger partial charge is 0.489 e.